The first-order chi connectivity index (χ1) is 11.6. The summed E-state index contributed by atoms with van der Waals surface area (Å²) < 4.78 is 11.7. The summed E-state index contributed by atoms with van der Waals surface area (Å²) in [6, 6.07) is 17.5. The Morgan fingerprint density at radius 3 is 2.62 bits per heavy atom. The van der Waals surface area contributed by atoms with Gasteiger partial charge in [-0.1, -0.05) is 30.3 Å². The van der Waals surface area contributed by atoms with E-state index in [4.69, 9.17) is 9.47 Å². The van der Waals surface area contributed by atoms with Gasteiger partial charge >= 0.3 is 0 Å². The van der Waals surface area contributed by atoms with E-state index in [1.54, 1.807) is 19.0 Å². The number of carbonyl (C=O) groups excluding carboxylic acids is 1. The number of fused-ring (bicyclic) bond motifs is 1. The van der Waals surface area contributed by atoms with Gasteiger partial charge < -0.3 is 19.3 Å². The molecular formula is C19H22N2O3. The van der Waals surface area contributed by atoms with Crippen molar-refractivity contribution in [3.8, 4) is 11.5 Å². The number of rotatable bonds is 5. The molecule has 0 aromatic heterocycles. The number of anilines is 1. The highest BCUT2D eigenvalue weighted by Crippen LogP contribution is 2.33. The molecule has 0 N–H and O–H groups in total. The summed E-state index contributed by atoms with van der Waals surface area (Å²) in [7, 11) is 3.49. The summed E-state index contributed by atoms with van der Waals surface area (Å²) in [5, 5.41) is 0. The Morgan fingerprint density at radius 2 is 1.88 bits per heavy atom. The number of benzene rings is 2. The molecule has 1 aliphatic heterocycles. The smallest absolute Gasteiger partial charge is 0.265 e. The van der Waals surface area contributed by atoms with E-state index >= 15 is 0 Å². The molecule has 1 aliphatic rings. The van der Waals surface area contributed by atoms with Crippen molar-refractivity contribution in [1.29, 1.82) is 0 Å². The van der Waals surface area contributed by atoms with Crippen molar-refractivity contribution in [3.05, 3.63) is 54.6 Å². The molecular weight excluding hydrogens is 304 g/mol. The number of carbonyl (C=O) groups is 1. The quantitative estimate of drug-likeness (QED) is 0.846. The molecule has 5 nitrogen and oxygen atoms in total. The Morgan fingerprint density at radius 1 is 1.17 bits per heavy atom. The van der Waals surface area contributed by atoms with Gasteiger partial charge in [-0.2, -0.15) is 0 Å². The van der Waals surface area contributed by atoms with Crippen molar-refractivity contribution in [2.75, 3.05) is 38.7 Å². The number of para-hydroxylation sites is 3. The average molecular weight is 326 g/mol. The fraction of sp³-hybridized carbons (Fsp3) is 0.316. The molecule has 0 spiro atoms. The first kappa shape index (κ1) is 16.2. The number of hydrogen-bond donors (Lipinski definition) is 0. The van der Waals surface area contributed by atoms with Crippen LogP contribution in [0.1, 0.15) is 0 Å². The third-order valence-corrected chi connectivity index (χ3v) is 3.95. The maximum Gasteiger partial charge on any atom is 0.265 e. The SMILES string of the molecule is CN(C)C(=O)[C@@H]1CN(CCOc2ccccc2)c2ccccc2O1. The predicted octanol–water partition coefficient (Wildman–Crippen LogP) is 2.42. The monoisotopic (exact) mass is 326 g/mol. The summed E-state index contributed by atoms with van der Waals surface area (Å²) in [5.74, 6) is 1.56. The van der Waals surface area contributed by atoms with Crippen molar-refractivity contribution in [2.45, 2.75) is 6.10 Å². The number of hydrogen-bond acceptors (Lipinski definition) is 4. The van der Waals surface area contributed by atoms with Gasteiger partial charge in [-0.3, -0.25) is 4.79 Å². The molecule has 0 aliphatic carbocycles. The lowest BCUT2D eigenvalue weighted by Gasteiger charge is -2.36. The topological polar surface area (TPSA) is 42.0 Å². The Balaban J connectivity index is 1.69. The van der Waals surface area contributed by atoms with Crippen LogP contribution in [0, 0.1) is 0 Å². The standard InChI is InChI=1S/C19H22N2O3/c1-20(2)19(22)18-14-21(16-10-6-7-11-17(16)24-18)12-13-23-15-8-4-3-5-9-15/h3-11,18H,12-14H2,1-2H3/t18-/m0/s1. The van der Waals surface area contributed by atoms with E-state index in [1.165, 1.54) is 0 Å². The van der Waals surface area contributed by atoms with E-state index < -0.39 is 6.10 Å². The summed E-state index contributed by atoms with van der Waals surface area (Å²) in [6.45, 7) is 1.75. The molecule has 2 aromatic carbocycles. The minimum Gasteiger partial charge on any atom is -0.492 e. The van der Waals surface area contributed by atoms with E-state index in [9.17, 15) is 4.79 Å². The molecule has 0 bridgehead atoms. The zero-order valence-corrected chi connectivity index (χ0v) is 14.0. The summed E-state index contributed by atoms with van der Waals surface area (Å²) in [4.78, 5) is 16.0. The van der Waals surface area contributed by atoms with Crippen LogP contribution in [-0.4, -0.2) is 50.7 Å². The molecule has 0 unspecified atom stereocenters. The first-order valence-corrected chi connectivity index (χ1v) is 8.05. The lowest BCUT2D eigenvalue weighted by molar-refractivity contribution is -0.136. The van der Waals surface area contributed by atoms with Gasteiger partial charge in [-0.25, -0.2) is 0 Å². The van der Waals surface area contributed by atoms with E-state index in [1.807, 2.05) is 54.6 Å². The summed E-state index contributed by atoms with van der Waals surface area (Å²) in [5.41, 5.74) is 0.997. The molecule has 1 amide bonds. The van der Waals surface area contributed by atoms with Crippen molar-refractivity contribution in [3.63, 3.8) is 0 Å². The van der Waals surface area contributed by atoms with Crippen LogP contribution in [0.3, 0.4) is 0 Å². The summed E-state index contributed by atoms with van der Waals surface area (Å²) >= 11 is 0. The largest absolute Gasteiger partial charge is 0.492 e. The number of amides is 1. The van der Waals surface area contributed by atoms with Crippen LogP contribution in [0.15, 0.2) is 54.6 Å². The number of likely N-dealkylation sites (N-methyl/N-ethyl adjacent to an activating group) is 1. The summed E-state index contributed by atoms with van der Waals surface area (Å²) in [6.07, 6.45) is -0.494. The molecule has 5 heteroatoms. The van der Waals surface area contributed by atoms with E-state index in [-0.39, 0.29) is 5.91 Å². The highest BCUT2D eigenvalue weighted by Gasteiger charge is 2.31. The van der Waals surface area contributed by atoms with Crippen molar-refractivity contribution >= 4 is 11.6 Å². The lowest BCUT2D eigenvalue weighted by Crippen LogP contribution is -2.49. The van der Waals surface area contributed by atoms with Gasteiger partial charge in [0.1, 0.15) is 18.1 Å². The van der Waals surface area contributed by atoms with Gasteiger partial charge in [0.2, 0.25) is 0 Å². The molecule has 3 rings (SSSR count). The molecule has 2 aromatic rings. The minimum atomic E-state index is -0.494. The highest BCUT2D eigenvalue weighted by molar-refractivity contribution is 5.83. The van der Waals surface area contributed by atoms with Crippen LogP contribution in [0.2, 0.25) is 0 Å². The van der Waals surface area contributed by atoms with Gasteiger partial charge in [0, 0.05) is 14.1 Å². The molecule has 126 valence electrons. The van der Waals surface area contributed by atoms with Crippen LogP contribution in [-0.2, 0) is 4.79 Å². The second-order valence-electron chi connectivity index (χ2n) is 5.91. The van der Waals surface area contributed by atoms with Crippen LogP contribution < -0.4 is 14.4 Å². The Kier molecular flexibility index (Phi) is 4.89. The molecule has 0 saturated heterocycles. The Bertz CT molecular complexity index is 688. The molecule has 0 fully saturated rings. The lowest BCUT2D eigenvalue weighted by atomic mass is 10.1. The first-order valence-electron chi connectivity index (χ1n) is 8.05. The van der Waals surface area contributed by atoms with Gasteiger partial charge in [-0.15, -0.1) is 0 Å². The van der Waals surface area contributed by atoms with Crippen molar-refractivity contribution < 1.29 is 14.3 Å². The minimum absolute atomic E-state index is 0.0292. The molecule has 1 heterocycles. The third kappa shape index (κ3) is 3.62. The number of nitrogens with zero attached hydrogens (tertiary/aromatic N) is 2. The maximum atomic E-state index is 12.3. The zero-order valence-electron chi connectivity index (χ0n) is 14.0. The van der Waals surface area contributed by atoms with Gasteiger partial charge in [0.15, 0.2) is 6.10 Å². The molecule has 0 saturated carbocycles. The van der Waals surface area contributed by atoms with Crippen LogP contribution >= 0.6 is 0 Å². The second kappa shape index (κ2) is 7.25. The fourth-order valence-electron chi connectivity index (χ4n) is 2.73. The van der Waals surface area contributed by atoms with Crippen LogP contribution in [0.5, 0.6) is 11.5 Å². The fourth-order valence-corrected chi connectivity index (χ4v) is 2.73. The number of ether oxygens (including phenoxy) is 2. The van der Waals surface area contributed by atoms with E-state index in [0.29, 0.717) is 19.7 Å². The van der Waals surface area contributed by atoms with E-state index in [2.05, 4.69) is 4.90 Å². The van der Waals surface area contributed by atoms with Crippen LogP contribution in [0.4, 0.5) is 5.69 Å². The third-order valence-electron chi connectivity index (χ3n) is 3.95. The van der Waals surface area contributed by atoms with Crippen LogP contribution in [0.25, 0.3) is 0 Å². The second-order valence-corrected chi connectivity index (χ2v) is 5.91. The average Bonchev–Trinajstić information content (AvgIpc) is 2.61. The van der Waals surface area contributed by atoms with E-state index in [0.717, 1.165) is 17.2 Å². The van der Waals surface area contributed by atoms with Gasteiger partial charge in [-0.05, 0) is 24.3 Å². The Labute approximate surface area is 142 Å². The maximum absolute atomic E-state index is 12.3. The normalized spacial score (nSPS) is 16.1. The predicted molar refractivity (Wildman–Crippen MR) is 93.7 cm³/mol. The van der Waals surface area contributed by atoms with Gasteiger partial charge in [0.05, 0.1) is 18.8 Å². The van der Waals surface area contributed by atoms with Crippen molar-refractivity contribution in [1.82, 2.24) is 4.90 Å². The van der Waals surface area contributed by atoms with Gasteiger partial charge in [0.25, 0.3) is 5.91 Å². The Hall–Kier alpha value is -2.69. The van der Waals surface area contributed by atoms with Crippen molar-refractivity contribution in [2.24, 2.45) is 0 Å². The zero-order chi connectivity index (χ0) is 16.9. The molecule has 24 heavy (non-hydrogen) atoms. The molecule has 0 radical (unpaired) electrons. The highest BCUT2D eigenvalue weighted by atomic mass is 16.5. The molecule has 1 atom stereocenters.